The highest BCUT2D eigenvalue weighted by Crippen LogP contribution is 2.28. The topological polar surface area (TPSA) is 27.1 Å². The van der Waals surface area contributed by atoms with Crippen LogP contribution in [0.25, 0.3) is 0 Å². The zero-order chi connectivity index (χ0) is 11.5. The summed E-state index contributed by atoms with van der Waals surface area (Å²) in [6.07, 6.45) is 2.50. The Kier molecular flexibility index (Phi) is 3.28. The van der Waals surface area contributed by atoms with Crippen molar-refractivity contribution in [2.24, 2.45) is 5.92 Å². The molecule has 1 aromatic rings. The Balaban J connectivity index is 2.11. The molecule has 2 nitrogen and oxygen atoms in total. The van der Waals surface area contributed by atoms with E-state index in [0.717, 1.165) is 12.1 Å². The van der Waals surface area contributed by atoms with Crippen LogP contribution in [0.1, 0.15) is 32.3 Å². The maximum absolute atomic E-state index is 8.28. The maximum atomic E-state index is 8.28. The van der Waals surface area contributed by atoms with Gasteiger partial charge in [-0.2, -0.15) is 0 Å². The number of nitrogens with one attached hydrogen (secondary N) is 1. The van der Waals surface area contributed by atoms with Crippen molar-refractivity contribution in [3.63, 3.8) is 0 Å². The van der Waals surface area contributed by atoms with Gasteiger partial charge in [-0.3, -0.25) is 5.41 Å². The highest BCUT2D eigenvalue weighted by molar-refractivity contribution is 5.96. The third-order valence-electron chi connectivity index (χ3n) is 2.88. The molecule has 1 aromatic carbocycles. The first-order valence-electron chi connectivity index (χ1n) is 6.09. The fraction of sp³-hybridized carbons (Fsp3) is 0.500. The van der Waals surface area contributed by atoms with E-state index in [4.69, 9.17) is 5.41 Å². The second kappa shape index (κ2) is 4.69. The molecule has 0 amide bonds. The lowest BCUT2D eigenvalue weighted by Gasteiger charge is -2.27. The highest BCUT2D eigenvalue weighted by atomic mass is 15.2. The van der Waals surface area contributed by atoms with Crippen molar-refractivity contribution in [1.82, 2.24) is 4.90 Å². The van der Waals surface area contributed by atoms with E-state index in [1.54, 1.807) is 0 Å². The number of benzene rings is 1. The second-order valence-corrected chi connectivity index (χ2v) is 4.99. The number of hydrogen-bond acceptors (Lipinski definition) is 1. The number of nitrogens with zero attached hydrogens (tertiary/aromatic N) is 1. The van der Waals surface area contributed by atoms with E-state index in [2.05, 4.69) is 18.7 Å². The summed E-state index contributed by atoms with van der Waals surface area (Å²) in [7, 11) is 0. The van der Waals surface area contributed by atoms with Gasteiger partial charge in [0, 0.05) is 18.2 Å². The van der Waals surface area contributed by atoms with Crippen molar-refractivity contribution >= 4 is 5.84 Å². The monoisotopic (exact) mass is 216 g/mol. The maximum Gasteiger partial charge on any atom is 0.128 e. The second-order valence-electron chi connectivity index (χ2n) is 4.99. The summed E-state index contributed by atoms with van der Waals surface area (Å²) >= 11 is 0. The Labute approximate surface area is 97.8 Å². The molecule has 0 aliphatic heterocycles. The third kappa shape index (κ3) is 2.63. The van der Waals surface area contributed by atoms with E-state index in [1.165, 1.54) is 12.8 Å². The summed E-state index contributed by atoms with van der Waals surface area (Å²) in [5.41, 5.74) is 1.04. The van der Waals surface area contributed by atoms with E-state index in [1.807, 2.05) is 30.3 Å². The smallest absolute Gasteiger partial charge is 0.128 e. The van der Waals surface area contributed by atoms with Crippen LogP contribution in [-0.4, -0.2) is 23.3 Å². The van der Waals surface area contributed by atoms with Crippen LogP contribution in [0.3, 0.4) is 0 Å². The first-order chi connectivity index (χ1) is 7.68. The van der Waals surface area contributed by atoms with Crippen LogP contribution in [0, 0.1) is 11.3 Å². The van der Waals surface area contributed by atoms with E-state index in [-0.39, 0.29) is 0 Å². The number of rotatable bonds is 4. The fourth-order valence-electron chi connectivity index (χ4n) is 1.96. The first-order valence-corrected chi connectivity index (χ1v) is 6.09. The Bertz CT molecular complexity index is 352. The van der Waals surface area contributed by atoms with Crippen LogP contribution >= 0.6 is 0 Å². The van der Waals surface area contributed by atoms with Crippen molar-refractivity contribution in [1.29, 1.82) is 5.41 Å². The molecule has 1 aliphatic carbocycles. The lowest BCUT2D eigenvalue weighted by Crippen LogP contribution is -2.36. The summed E-state index contributed by atoms with van der Waals surface area (Å²) in [5.74, 6) is 1.31. The Hall–Kier alpha value is -1.31. The van der Waals surface area contributed by atoms with E-state index >= 15 is 0 Å². The molecule has 2 heteroatoms. The molecule has 0 aromatic heterocycles. The summed E-state index contributed by atoms with van der Waals surface area (Å²) in [6, 6.07) is 10.7. The van der Waals surface area contributed by atoms with Crippen LogP contribution in [0.2, 0.25) is 0 Å². The van der Waals surface area contributed by atoms with Crippen LogP contribution < -0.4 is 0 Å². The molecule has 0 spiro atoms. The van der Waals surface area contributed by atoms with Crippen molar-refractivity contribution in [2.45, 2.75) is 32.7 Å². The van der Waals surface area contributed by atoms with Gasteiger partial charge in [0.05, 0.1) is 0 Å². The Morgan fingerprint density at radius 3 is 2.44 bits per heavy atom. The lowest BCUT2D eigenvalue weighted by molar-refractivity contribution is 0.356. The molecule has 1 saturated carbocycles. The standard InChI is InChI=1S/C14H20N2/c1-11(2)10-16(13-8-9-13)14(15)12-6-4-3-5-7-12/h3-7,11,13,15H,8-10H2,1-2H3. The van der Waals surface area contributed by atoms with Gasteiger partial charge in [0.2, 0.25) is 0 Å². The minimum absolute atomic E-state index is 0.615. The quantitative estimate of drug-likeness (QED) is 0.607. The van der Waals surface area contributed by atoms with Gasteiger partial charge in [0.1, 0.15) is 5.84 Å². The predicted molar refractivity (Wildman–Crippen MR) is 67.8 cm³/mol. The van der Waals surface area contributed by atoms with E-state index in [0.29, 0.717) is 17.8 Å². The molecule has 2 rings (SSSR count). The van der Waals surface area contributed by atoms with Crippen molar-refractivity contribution < 1.29 is 0 Å². The van der Waals surface area contributed by atoms with Crippen LogP contribution in [0.15, 0.2) is 30.3 Å². The van der Waals surface area contributed by atoms with E-state index in [9.17, 15) is 0 Å². The molecular formula is C14H20N2. The SMILES string of the molecule is CC(C)CN(C(=N)c1ccccc1)C1CC1. The zero-order valence-corrected chi connectivity index (χ0v) is 10.1. The molecule has 0 atom stereocenters. The van der Waals surface area contributed by atoms with Crippen molar-refractivity contribution in [2.75, 3.05) is 6.54 Å². The third-order valence-corrected chi connectivity index (χ3v) is 2.88. The summed E-state index contributed by atoms with van der Waals surface area (Å²) in [6.45, 7) is 5.43. The zero-order valence-electron chi connectivity index (χ0n) is 10.1. The number of hydrogen-bond donors (Lipinski definition) is 1. The minimum atomic E-state index is 0.615. The van der Waals surface area contributed by atoms with E-state index < -0.39 is 0 Å². The fourth-order valence-corrected chi connectivity index (χ4v) is 1.96. The minimum Gasteiger partial charge on any atom is -0.353 e. The van der Waals surface area contributed by atoms with Gasteiger partial charge in [0.25, 0.3) is 0 Å². The summed E-state index contributed by atoms with van der Waals surface area (Å²) in [5, 5.41) is 8.28. The molecule has 1 fully saturated rings. The lowest BCUT2D eigenvalue weighted by atomic mass is 10.1. The summed E-state index contributed by atoms with van der Waals surface area (Å²) in [4.78, 5) is 2.26. The van der Waals surface area contributed by atoms with Gasteiger partial charge in [-0.1, -0.05) is 44.2 Å². The molecule has 0 saturated heterocycles. The summed E-state index contributed by atoms with van der Waals surface area (Å²) < 4.78 is 0. The van der Waals surface area contributed by atoms with Crippen LogP contribution in [-0.2, 0) is 0 Å². The molecule has 1 N–H and O–H groups in total. The molecule has 0 heterocycles. The van der Waals surface area contributed by atoms with Gasteiger partial charge in [-0.25, -0.2) is 0 Å². The molecule has 86 valence electrons. The van der Waals surface area contributed by atoms with Crippen molar-refractivity contribution in [3.05, 3.63) is 35.9 Å². The molecule has 16 heavy (non-hydrogen) atoms. The normalized spacial score (nSPS) is 15.2. The van der Waals surface area contributed by atoms with Gasteiger partial charge in [-0.15, -0.1) is 0 Å². The molecule has 0 unspecified atom stereocenters. The molecule has 1 aliphatic rings. The van der Waals surface area contributed by atoms with Gasteiger partial charge >= 0.3 is 0 Å². The average Bonchev–Trinajstić information content (AvgIpc) is 3.10. The highest BCUT2D eigenvalue weighted by Gasteiger charge is 2.31. The average molecular weight is 216 g/mol. The molecular weight excluding hydrogens is 196 g/mol. The first kappa shape index (κ1) is 11.2. The van der Waals surface area contributed by atoms with Gasteiger partial charge in [0.15, 0.2) is 0 Å². The van der Waals surface area contributed by atoms with Gasteiger partial charge < -0.3 is 4.90 Å². The molecule has 0 radical (unpaired) electrons. The van der Waals surface area contributed by atoms with Gasteiger partial charge in [-0.05, 0) is 18.8 Å². The molecule has 0 bridgehead atoms. The number of amidine groups is 1. The predicted octanol–water partition coefficient (Wildman–Crippen LogP) is 3.13. The van der Waals surface area contributed by atoms with Crippen LogP contribution in [0.4, 0.5) is 0 Å². The Morgan fingerprint density at radius 1 is 1.31 bits per heavy atom. The van der Waals surface area contributed by atoms with Crippen molar-refractivity contribution in [3.8, 4) is 0 Å². The Morgan fingerprint density at radius 2 is 1.94 bits per heavy atom. The largest absolute Gasteiger partial charge is 0.353 e. The van der Waals surface area contributed by atoms with Crippen LogP contribution in [0.5, 0.6) is 0 Å².